The lowest BCUT2D eigenvalue weighted by atomic mass is 10.1. The summed E-state index contributed by atoms with van der Waals surface area (Å²) in [6.45, 7) is 21.0. The molecule has 2 heterocycles. The fourth-order valence-electron chi connectivity index (χ4n) is 4.08. The highest BCUT2D eigenvalue weighted by Gasteiger charge is 2.46. The van der Waals surface area contributed by atoms with Gasteiger partial charge >= 0.3 is 6.09 Å². The fourth-order valence-corrected chi connectivity index (χ4v) is 5.43. The van der Waals surface area contributed by atoms with Crippen LogP contribution in [0.1, 0.15) is 68.7 Å². The van der Waals surface area contributed by atoms with Crippen LogP contribution in [0.5, 0.6) is 0 Å². The molecule has 34 heavy (non-hydrogen) atoms. The van der Waals surface area contributed by atoms with Crippen LogP contribution in [0.25, 0.3) is 0 Å². The number of hydrogen-bond acceptors (Lipinski definition) is 5. The van der Waals surface area contributed by atoms with Crippen LogP contribution >= 0.6 is 0 Å². The van der Waals surface area contributed by atoms with E-state index in [9.17, 15) is 14.4 Å². The fraction of sp³-hybridized carbons (Fsp3) is 0.577. The van der Waals surface area contributed by atoms with Gasteiger partial charge in [0.1, 0.15) is 5.60 Å². The van der Waals surface area contributed by atoms with Gasteiger partial charge in [-0.3, -0.25) is 19.4 Å². The Balaban J connectivity index is 1.81. The molecule has 1 aromatic carbocycles. The summed E-state index contributed by atoms with van der Waals surface area (Å²) in [5.41, 5.74) is 0.760. The third kappa shape index (κ3) is 5.28. The zero-order valence-corrected chi connectivity index (χ0v) is 22.7. The summed E-state index contributed by atoms with van der Waals surface area (Å²) in [6.07, 6.45) is -0.0620. The van der Waals surface area contributed by atoms with Crippen LogP contribution in [-0.4, -0.2) is 66.9 Å². The standard InChI is InChI=1S/C26H38N2O5Si/c1-17(15-28-22(29)19-12-10-11-13-20(19)23(28)30)21-14-18(33-34(8,9)26(5,6)7)16-27(21)24(31)32-25(2,3)4/h10-13,18,21H,1,14-16H2,2-9H3/t18-,21+/m1/s1. The molecule has 3 rings (SSSR count). The second kappa shape index (κ2) is 8.96. The molecule has 0 radical (unpaired) electrons. The number of hydrogen-bond donors (Lipinski definition) is 0. The van der Waals surface area contributed by atoms with Crippen LogP contribution in [0.4, 0.5) is 4.79 Å². The number of benzene rings is 1. The zero-order valence-electron chi connectivity index (χ0n) is 21.7. The molecule has 0 unspecified atom stereocenters. The van der Waals surface area contributed by atoms with Crippen molar-refractivity contribution in [3.63, 3.8) is 0 Å². The predicted octanol–water partition coefficient (Wildman–Crippen LogP) is 5.24. The lowest BCUT2D eigenvalue weighted by Crippen LogP contribution is -2.45. The van der Waals surface area contributed by atoms with E-state index in [-0.39, 0.29) is 29.5 Å². The van der Waals surface area contributed by atoms with Gasteiger partial charge in [0.15, 0.2) is 8.32 Å². The van der Waals surface area contributed by atoms with Gasteiger partial charge in [-0.15, -0.1) is 0 Å². The number of carbonyl (C=O) groups excluding carboxylic acids is 3. The Morgan fingerprint density at radius 2 is 1.59 bits per heavy atom. The van der Waals surface area contributed by atoms with Crippen LogP contribution in [0.15, 0.2) is 36.4 Å². The molecule has 0 N–H and O–H groups in total. The maximum absolute atomic E-state index is 13.1. The van der Waals surface area contributed by atoms with Gasteiger partial charge in [0.25, 0.3) is 11.8 Å². The molecule has 0 bridgehead atoms. The van der Waals surface area contributed by atoms with E-state index in [2.05, 4.69) is 40.4 Å². The van der Waals surface area contributed by atoms with E-state index < -0.39 is 26.1 Å². The van der Waals surface area contributed by atoms with Crippen LogP contribution < -0.4 is 0 Å². The van der Waals surface area contributed by atoms with Gasteiger partial charge in [0.05, 0.1) is 29.8 Å². The maximum atomic E-state index is 13.1. The van der Waals surface area contributed by atoms with Crippen molar-refractivity contribution in [2.24, 2.45) is 0 Å². The monoisotopic (exact) mass is 486 g/mol. The van der Waals surface area contributed by atoms with E-state index in [4.69, 9.17) is 9.16 Å². The molecule has 8 heteroatoms. The van der Waals surface area contributed by atoms with Crippen LogP contribution in [0.2, 0.25) is 18.1 Å². The van der Waals surface area contributed by atoms with E-state index in [0.717, 1.165) is 0 Å². The quantitative estimate of drug-likeness (QED) is 0.323. The van der Waals surface area contributed by atoms with Gasteiger partial charge in [-0.25, -0.2) is 4.79 Å². The molecule has 2 aliphatic rings. The number of fused-ring (bicyclic) bond motifs is 1. The molecule has 0 aromatic heterocycles. The lowest BCUT2D eigenvalue weighted by Gasteiger charge is -2.38. The number of ether oxygens (including phenoxy) is 1. The molecule has 3 amide bonds. The van der Waals surface area contributed by atoms with Crippen LogP contribution in [0, 0.1) is 0 Å². The molecule has 0 saturated carbocycles. The Morgan fingerprint density at radius 1 is 1.06 bits per heavy atom. The summed E-state index contributed by atoms with van der Waals surface area (Å²) >= 11 is 0. The van der Waals surface area contributed by atoms with Crippen LogP contribution in [-0.2, 0) is 9.16 Å². The Labute approximate surface area is 204 Å². The summed E-state index contributed by atoms with van der Waals surface area (Å²) in [6, 6.07) is 6.40. The minimum Gasteiger partial charge on any atom is -0.444 e. The number of amides is 3. The first-order chi connectivity index (χ1) is 15.5. The van der Waals surface area contributed by atoms with Crippen LogP contribution in [0.3, 0.4) is 0 Å². The Morgan fingerprint density at radius 3 is 2.06 bits per heavy atom. The number of rotatable bonds is 5. The molecule has 2 aliphatic heterocycles. The van der Waals surface area contributed by atoms with Gasteiger partial charge in [0, 0.05) is 6.54 Å². The van der Waals surface area contributed by atoms with Gasteiger partial charge in [-0.1, -0.05) is 39.5 Å². The second-order valence-electron chi connectivity index (χ2n) is 11.8. The van der Waals surface area contributed by atoms with Crippen molar-refractivity contribution in [3.05, 3.63) is 47.5 Å². The first-order valence-corrected chi connectivity index (χ1v) is 14.7. The van der Waals surface area contributed by atoms with Gasteiger partial charge in [0.2, 0.25) is 0 Å². The Hall–Kier alpha value is -2.45. The largest absolute Gasteiger partial charge is 0.444 e. The average molecular weight is 487 g/mol. The molecule has 186 valence electrons. The third-order valence-corrected chi connectivity index (χ3v) is 11.4. The second-order valence-corrected chi connectivity index (χ2v) is 16.5. The topological polar surface area (TPSA) is 76.2 Å². The average Bonchev–Trinajstić information content (AvgIpc) is 3.21. The van der Waals surface area contributed by atoms with Crippen molar-refractivity contribution in [2.75, 3.05) is 13.1 Å². The Bertz CT molecular complexity index is 970. The van der Waals surface area contributed by atoms with Crippen molar-refractivity contribution < 1.29 is 23.5 Å². The minimum atomic E-state index is -2.07. The van der Waals surface area contributed by atoms with Crippen molar-refractivity contribution in [2.45, 2.75) is 83.8 Å². The number of likely N-dealkylation sites (tertiary alicyclic amines) is 1. The van der Waals surface area contributed by atoms with Crippen molar-refractivity contribution in [1.82, 2.24) is 9.80 Å². The van der Waals surface area contributed by atoms with Gasteiger partial charge in [-0.05, 0) is 63.0 Å². The lowest BCUT2D eigenvalue weighted by molar-refractivity contribution is 0.0229. The van der Waals surface area contributed by atoms with E-state index in [0.29, 0.717) is 29.7 Å². The van der Waals surface area contributed by atoms with E-state index in [1.54, 1.807) is 29.2 Å². The van der Waals surface area contributed by atoms with Crippen molar-refractivity contribution >= 4 is 26.2 Å². The number of nitrogens with zero attached hydrogens (tertiary/aromatic N) is 2. The summed E-state index contributed by atoms with van der Waals surface area (Å²) in [5, 5.41) is 0.0268. The predicted molar refractivity (Wildman–Crippen MR) is 134 cm³/mol. The summed E-state index contributed by atoms with van der Waals surface area (Å²) in [5.74, 6) is -0.671. The molecule has 0 aliphatic carbocycles. The smallest absolute Gasteiger partial charge is 0.410 e. The highest BCUT2D eigenvalue weighted by Crippen LogP contribution is 2.40. The molecular weight excluding hydrogens is 448 g/mol. The SMILES string of the molecule is C=C(CN1C(=O)c2ccccc2C1=O)[C@@H]1C[C@@H](O[Si](C)(C)C(C)(C)C)CN1C(=O)OC(C)(C)C. The minimum absolute atomic E-state index is 0.0268. The molecular formula is C26H38N2O5Si. The van der Waals surface area contributed by atoms with Crippen molar-refractivity contribution in [1.29, 1.82) is 0 Å². The van der Waals surface area contributed by atoms with E-state index >= 15 is 0 Å². The maximum Gasteiger partial charge on any atom is 0.410 e. The van der Waals surface area contributed by atoms with E-state index in [1.807, 2.05) is 20.8 Å². The number of imide groups is 1. The molecule has 1 saturated heterocycles. The molecule has 7 nitrogen and oxygen atoms in total. The highest BCUT2D eigenvalue weighted by atomic mass is 28.4. The third-order valence-electron chi connectivity index (χ3n) is 6.87. The summed E-state index contributed by atoms with van der Waals surface area (Å²) in [4.78, 5) is 41.7. The van der Waals surface area contributed by atoms with E-state index in [1.165, 1.54) is 4.90 Å². The molecule has 1 fully saturated rings. The molecule has 0 spiro atoms. The zero-order chi connectivity index (χ0) is 25.6. The molecule has 2 atom stereocenters. The first kappa shape index (κ1) is 26.2. The number of carbonyl (C=O) groups is 3. The Kier molecular flexibility index (Phi) is 6.90. The summed E-state index contributed by atoms with van der Waals surface area (Å²) < 4.78 is 12.3. The highest BCUT2D eigenvalue weighted by molar-refractivity contribution is 6.74. The van der Waals surface area contributed by atoms with Crippen molar-refractivity contribution in [3.8, 4) is 0 Å². The van der Waals surface area contributed by atoms with Gasteiger partial charge in [-0.2, -0.15) is 0 Å². The van der Waals surface area contributed by atoms with Gasteiger partial charge < -0.3 is 9.16 Å². The molecule has 1 aromatic rings. The normalized spacial score (nSPS) is 21.2. The summed E-state index contributed by atoms with van der Waals surface area (Å²) in [7, 11) is -2.07. The first-order valence-electron chi connectivity index (χ1n) is 11.8.